The lowest BCUT2D eigenvalue weighted by molar-refractivity contribution is 0.0526. The summed E-state index contributed by atoms with van der Waals surface area (Å²) in [5.41, 5.74) is 2.22. The number of benzene rings is 2. The van der Waals surface area contributed by atoms with Gasteiger partial charge in [-0.3, -0.25) is 0 Å². The Morgan fingerprint density at radius 2 is 2.00 bits per heavy atom. The van der Waals surface area contributed by atoms with Crippen LogP contribution >= 0.6 is 11.8 Å². The van der Waals surface area contributed by atoms with Crippen LogP contribution in [-0.4, -0.2) is 35.3 Å². The number of nitrogens with zero attached hydrogens (tertiary/aromatic N) is 2. The van der Waals surface area contributed by atoms with Crippen LogP contribution in [-0.2, 0) is 21.8 Å². The molecule has 0 fully saturated rings. The molecule has 0 atom stereocenters. The van der Waals surface area contributed by atoms with Gasteiger partial charge in [0.2, 0.25) is 0 Å². The zero-order valence-corrected chi connectivity index (χ0v) is 17.8. The van der Waals surface area contributed by atoms with Crippen LogP contribution in [0.5, 0.6) is 0 Å². The number of fused-ring (bicyclic) bond motifs is 1. The Kier molecular flexibility index (Phi) is 7.81. The highest BCUT2D eigenvalue weighted by atomic mass is 32.2. The second kappa shape index (κ2) is 10.5. The van der Waals surface area contributed by atoms with Crippen molar-refractivity contribution in [1.29, 1.82) is 0 Å². The minimum absolute atomic E-state index is 0.239. The number of aromatic nitrogens is 2. The molecule has 2 aromatic carbocycles. The van der Waals surface area contributed by atoms with Gasteiger partial charge in [0.25, 0.3) is 0 Å². The average Bonchev–Trinajstić information content (AvgIpc) is 3.09. The molecule has 0 N–H and O–H groups in total. The van der Waals surface area contributed by atoms with Crippen LogP contribution in [0.15, 0.2) is 41.6 Å². The van der Waals surface area contributed by atoms with E-state index < -0.39 is 17.6 Å². The Labute approximate surface area is 178 Å². The normalized spacial score (nSPS) is 11.2. The van der Waals surface area contributed by atoms with Gasteiger partial charge in [-0.1, -0.05) is 23.9 Å². The summed E-state index contributed by atoms with van der Waals surface area (Å²) >= 11 is 1.33. The highest BCUT2D eigenvalue weighted by Gasteiger charge is 2.16. The van der Waals surface area contributed by atoms with Gasteiger partial charge in [0, 0.05) is 31.1 Å². The van der Waals surface area contributed by atoms with Gasteiger partial charge >= 0.3 is 5.97 Å². The van der Waals surface area contributed by atoms with Crippen molar-refractivity contribution in [3.8, 4) is 0 Å². The van der Waals surface area contributed by atoms with E-state index in [9.17, 15) is 13.6 Å². The van der Waals surface area contributed by atoms with Crippen LogP contribution in [0.4, 0.5) is 8.78 Å². The number of imidazole rings is 1. The van der Waals surface area contributed by atoms with Crippen LogP contribution in [0, 0.1) is 11.6 Å². The number of carbonyl (C=O) groups excluding carboxylic acids is 1. The summed E-state index contributed by atoms with van der Waals surface area (Å²) in [4.78, 5) is 16.7. The third-order valence-corrected chi connectivity index (χ3v) is 5.51. The van der Waals surface area contributed by atoms with Gasteiger partial charge in [-0.15, -0.1) is 0 Å². The maximum Gasteiger partial charge on any atom is 0.338 e. The maximum atomic E-state index is 14.0. The molecule has 0 aliphatic carbocycles. The SMILES string of the molecule is CCOCCCn1c(SCc2cccc(F)c2F)nc2cc(C(=O)OCC)ccc21. The number of hydrogen-bond donors (Lipinski definition) is 0. The van der Waals surface area contributed by atoms with Crippen LogP contribution in [0.1, 0.15) is 36.2 Å². The number of hydrogen-bond acceptors (Lipinski definition) is 5. The van der Waals surface area contributed by atoms with Crippen molar-refractivity contribution in [2.45, 2.75) is 37.7 Å². The molecule has 3 aromatic rings. The van der Waals surface area contributed by atoms with E-state index in [1.54, 1.807) is 25.1 Å². The summed E-state index contributed by atoms with van der Waals surface area (Å²) in [6.07, 6.45) is 0.779. The summed E-state index contributed by atoms with van der Waals surface area (Å²) in [6.45, 7) is 5.90. The maximum absolute atomic E-state index is 14.0. The molecule has 160 valence electrons. The minimum atomic E-state index is -0.864. The van der Waals surface area contributed by atoms with E-state index in [1.165, 1.54) is 17.8 Å². The number of esters is 1. The molecule has 0 bridgehead atoms. The van der Waals surface area contributed by atoms with E-state index in [0.29, 0.717) is 42.6 Å². The molecule has 0 unspecified atom stereocenters. The van der Waals surface area contributed by atoms with Crippen molar-refractivity contribution < 1.29 is 23.0 Å². The first kappa shape index (κ1) is 22.2. The average molecular weight is 435 g/mol. The highest BCUT2D eigenvalue weighted by molar-refractivity contribution is 7.98. The number of rotatable bonds is 10. The van der Waals surface area contributed by atoms with Gasteiger partial charge in [-0.05, 0) is 44.5 Å². The largest absolute Gasteiger partial charge is 0.462 e. The molecule has 8 heteroatoms. The molecule has 0 amide bonds. The second-order valence-electron chi connectivity index (χ2n) is 6.52. The molecule has 30 heavy (non-hydrogen) atoms. The minimum Gasteiger partial charge on any atom is -0.462 e. The van der Waals surface area contributed by atoms with E-state index in [0.717, 1.165) is 18.0 Å². The predicted octanol–water partition coefficient (Wildman–Crippen LogP) is 5.21. The summed E-state index contributed by atoms with van der Waals surface area (Å²) in [5, 5.41) is 0.672. The fraction of sp³-hybridized carbons (Fsp3) is 0.364. The van der Waals surface area contributed by atoms with Crippen LogP contribution in [0.3, 0.4) is 0 Å². The monoisotopic (exact) mass is 434 g/mol. The number of carbonyl (C=O) groups is 1. The summed E-state index contributed by atoms with van der Waals surface area (Å²) in [5.74, 6) is -1.87. The van der Waals surface area contributed by atoms with Crippen LogP contribution < -0.4 is 0 Å². The molecule has 0 spiro atoms. The number of ether oxygens (including phenoxy) is 2. The predicted molar refractivity (Wildman–Crippen MR) is 113 cm³/mol. The molecule has 3 rings (SSSR count). The summed E-state index contributed by atoms with van der Waals surface area (Å²) in [6, 6.07) is 9.39. The molecule has 0 saturated carbocycles. The summed E-state index contributed by atoms with van der Waals surface area (Å²) in [7, 11) is 0. The van der Waals surface area contributed by atoms with E-state index in [4.69, 9.17) is 9.47 Å². The van der Waals surface area contributed by atoms with Crippen molar-refractivity contribution in [2.24, 2.45) is 0 Å². The lowest BCUT2D eigenvalue weighted by Gasteiger charge is -2.10. The zero-order valence-electron chi connectivity index (χ0n) is 17.0. The molecule has 1 aromatic heterocycles. The lowest BCUT2D eigenvalue weighted by Crippen LogP contribution is -2.05. The van der Waals surface area contributed by atoms with Crippen molar-refractivity contribution in [3.63, 3.8) is 0 Å². The van der Waals surface area contributed by atoms with Gasteiger partial charge in [-0.2, -0.15) is 0 Å². The molecule has 1 heterocycles. The van der Waals surface area contributed by atoms with Crippen molar-refractivity contribution >= 4 is 28.8 Å². The molecular formula is C22H24F2N2O3S. The smallest absolute Gasteiger partial charge is 0.338 e. The van der Waals surface area contributed by atoms with Gasteiger partial charge in [0.15, 0.2) is 16.8 Å². The molecular weight excluding hydrogens is 410 g/mol. The Balaban J connectivity index is 1.89. The Bertz CT molecular complexity index is 1020. The van der Waals surface area contributed by atoms with Gasteiger partial charge in [0.05, 0.1) is 23.2 Å². The number of halogens is 2. The van der Waals surface area contributed by atoms with Gasteiger partial charge in [-0.25, -0.2) is 18.6 Å². The van der Waals surface area contributed by atoms with Gasteiger partial charge in [0.1, 0.15) is 0 Å². The molecule has 0 saturated heterocycles. The highest BCUT2D eigenvalue weighted by Crippen LogP contribution is 2.29. The number of thioether (sulfide) groups is 1. The standard InChI is InChI=1S/C22H24F2N2O3S/c1-3-28-12-6-11-26-19-10-9-15(21(27)29-4-2)13-18(19)25-22(26)30-14-16-7-5-8-17(23)20(16)24/h5,7-10,13H,3-4,6,11-12,14H2,1-2H3. The van der Waals surface area contributed by atoms with E-state index in [1.807, 2.05) is 17.6 Å². The quantitative estimate of drug-likeness (QED) is 0.249. The fourth-order valence-corrected chi connectivity index (χ4v) is 4.06. The second-order valence-corrected chi connectivity index (χ2v) is 7.46. The molecule has 0 radical (unpaired) electrons. The third-order valence-electron chi connectivity index (χ3n) is 4.49. The molecule has 0 aliphatic heterocycles. The lowest BCUT2D eigenvalue weighted by atomic mass is 10.2. The first-order valence-electron chi connectivity index (χ1n) is 9.86. The third kappa shape index (κ3) is 5.17. The fourth-order valence-electron chi connectivity index (χ4n) is 3.05. The van der Waals surface area contributed by atoms with E-state index in [2.05, 4.69) is 4.98 Å². The first-order chi connectivity index (χ1) is 14.5. The van der Waals surface area contributed by atoms with E-state index >= 15 is 0 Å². The topological polar surface area (TPSA) is 53.4 Å². The number of aryl methyl sites for hydroxylation is 1. The van der Waals surface area contributed by atoms with Gasteiger partial charge < -0.3 is 14.0 Å². The van der Waals surface area contributed by atoms with Crippen LogP contribution in [0.2, 0.25) is 0 Å². The Hall–Kier alpha value is -2.45. The van der Waals surface area contributed by atoms with Crippen LogP contribution in [0.25, 0.3) is 11.0 Å². The first-order valence-corrected chi connectivity index (χ1v) is 10.8. The Morgan fingerprint density at radius 3 is 2.77 bits per heavy atom. The summed E-state index contributed by atoms with van der Waals surface area (Å²) < 4.78 is 40.0. The van der Waals surface area contributed by atoms with Crippen molar-refractivity contribution in [1.82, 2.24) is 9.55 Å². The zero-order chi connectivity index (χ0) is 21.5. The van der Waals surface area contributed by atoms with Crippen molar-refractivity contribution in [2.75, 3.05) is 19.8 Å². The Morgan fingerprint density at radius 1 is 1.17 bits per heavy atom. The molecule has 0 aliphatic rings. The molecule has 5 nitrogen and oxygen atoms in total. The van der Waals surface area contributed by atoms with Crippen molar-refractivity contribution in [3.05, 3.63) is 59.2 Å². The van der Waals surface area contributed by atoms with E-state index in [-0.39, 0.29) is 11.3 Å².